The zero-order valence-corrected chi connectivity index (χ0v) is 12.7. The molecule has 1 unspecified atom stereocenters. The Hall–Kier alpha value is -1.17. The molecule has 1 fully saturated rings. The summed E-state index contributed by atoms with van der Waals surface area (Å²) in [6.07, 6.45) is 2.68. The molecule has 2 aromatic heterocycles. The third-order valence-electron chi connectivity index (χ3n) is 3.68. The number of aliphatic hydroxyl groups excluding tert-OH is 1. The summed E-state index contributed by atoms with van der Waals surface area (Å²) < 4.78 is 0. The summed E-state index contributed by atoms with van der Waals surface area (Å²) in [4.78, 5) is 14.7. The van der Waals surface area contributed by atoms with Crippen LogP contribution in [-0.2, 0) is 11.3 Å². The summed E-state index contributed by atoms with van der Waals surface area (Å²) in [5.41, 5.74) is 0. The average Bonchev–Trinajstić information content (AvgIpc) is 3.05. The number of carbonyl (C=O) groups excluding carboxylic acids is 1. The van der Waals surface area contributed by atoms with Crippen molar-refractivity contribution in [1.82, 2.24) is 5.32 Å². The Kier molecular flexibility index (Phi) is 4.19. The molecule has 2 heterocycles. The van der Waals surface area contributed by atoms with E-state index in [4.69, 9.17) is 0 Å². The van der Waals surface area contributed by atoms with E-state index >= 15 is 0 Å². The molecule has 1 saturated carbocycles. The Morgan fingerprint density at radius 1 is 1.35 bits per heavy atom. The van der Waals surface area contributed by atoms with Crippen LogP contribution in [0.15, 0.2) is 29.6 Å². The molecule has 3 rings (SSSR count). The Bertz CT molecular complexity index is 572. The molecular weight excluding hydrogens is 290 g/mol. The lowest BCUT2D eigenvalue weighted by Gasteiger charge is -2.23. The summed E-state index contributed by atoms with van der Waals surface area (Å²) in [7, 11) is 0. The molecule has 0 saturated heterocycles. The number of nitrogens with one attached hydrogen (secondary N) is 1. The van der Waals surface area contributed by atoms with E-state index in [1.165, 1.54) is 6.42 Å². The summed E-state index contributed by atoms with van der Waals surface area (Å²) >= 11 is 3.12. The van der Waals surface area contributed by atoms with Gasteiger partial charge in [-0.1, -0.05) is 12.5 Å². The number of rotatable bonds is 5. The molecule has 1 atom stereocenters. The van der Waals surface area contributed by atoms with Crippen LogP contribution in [0.2, 0.25) is 0 Å². The van der Waals surface area contributed by atoms with E-state index in [-0.39, 0.29) is 11.8 Å². The zero-order chi connectivity index (χ0) is 13.9. The van der Waals surface area contributed by atoms with Gasteiger partial charge in [-0.25, -0.2) is 0 Å². The van der Waals surface area contributed by atoms with Crippen LogP contribution in [0.4, 0.5) is 0 Å². The first kappa shape index (κ1) is 13.8. The van der Waals surface area contributed by atoms with Gasteiger partial charge in [0, 0.05) is 20.5 Å². The van der Waals surface area contributed by atoms with Crippen molar-refractivity contribution in [2.24, 2.45) is 5.92 Å². The van der Waals surface area contributed by atoms with Gasteiger partial charge in [0.05, 0.1) is 6.54 Å². The Morgan fingerprint density at radius 3 is 2.85 bits per heavy atom. The molecule has 0 bridgehead atoms. The van der Waals surface area contributed by atoms with Crippen molar-refractivity contribution in [2.45, 2.75) is 31.9 Å². The van der Waals surface area contributed by atoms with E-state index in [9.17, 15) is 9.90 Å². The van der Waals surface area contributed by atoms with Crippen molar-refractivity contribution in [3.05, 3.63) is 44.3 Å². The van der Waals surface area contributed by atoms with Crippen molar-refractivity contribution >= 4 is 28.6 Å². The third kappa shape index (κ3) is 2.95. The topological polar surface area (TPSA) is 49.3 Å². The molecule has 2 N–H and O–H groups in total. The highest BCUT2D eigenvalue weighted by Gasteiger charge is 2.24. The van der Waals surface area contributed by atoms with Gasteiger partial charge in [0.25, 0.3) is 0 Å². The minimum atomic E-state index is -0.545. The predicted octanol–water partition coefficient (Wildman–Crippen LogP) is 3.31. The maximum absolute atomic E-state index is 11.8. The number of amides is 1. The second-order valence-corrected chi connectivity index (χ2v) is 7.25. The van der Waals surface area contributed by atoms with Crippen molar-refractivity contribution in [1.29, 1.82) is 0 Å². The molecule has 0 radical (unpaired) electrons. The molecule has 106 valence electrons. The number of hydrogen-bond acceptors (Lipinski definition) is 4. The van der Waals surface area contributed by atoms with E-state index in [1.807, 2.05) is 29.6 Å². The van der Waals surface area contributed by atoms with Crippen LogP contribution in [-0.4, -0.2) is 11.0 Å². The van der Waals surface area contributed by atoms with Gasteiger partial charge in [-0.05, 0) is 36.4 Å². The van der Waals surface area contributed by atoms with E-state index < -0.39 is 6.10 Å². The number of carbonyl (C=O) groups is 1. The lowest BCUT2D eigenvalue weighted by molar-refractivity contribution is -0.127. The lowest BCUT2D eigenvalue weighted by atomic mass is 9.85. The molecular formula is C15H17NO2S2. The van der Waals surface area contributed by atoms with Gasteiger partial charge >= 0.3 is 0 Å². The molecule has 1 aliphatic rings. The minimum absolute atomic E-state index is 0.171. The average molecular weight is 307 g/mol. The second-order valence-electron chi connectivity index (χ2n) is 5.07. The second kappa shape index (κ2) is 6.08. The highest BCUT2D eigenvalue weighted by Crippen LogP contribution is 2.31. The van der Waals surface area contributed by atoms with Crippen LogP contribution in [0.5, 0.6) is 0 Å². The molecule has 0 aromatic carbocycles. The molecule has 20 heavy (non-hydrogen) atoms. The Balaban J connectivity index is 1.57. The van der Waals surface area contributed by atoms with Crippen LogP contribution in [0.3, 0.4) is 0 Å². The van der Waals surface area contributed by atoms with E-state index in [2.05, 4.69) is 5.32 Å². The third-order valence-corrected chi connectivity index (χ3v) is 5.74. The summed E-state index contributed by atoms with van der Waals surface area (Å²) in [5, 5.41) is 15.2. The first-order chi connectivity index (χ1) is 9.74. The molecule has 1 amide bonds. The summed E-state index contributed by atoms with van der Waals surface area (Å²) in [5.74, 6) is 0.399. The summed E-state index contributed by atoms with van der Waals surface area (Å²) in [6, 6.07) is 7.81. The molecule has 0 spiro atoms. The normalized spacial score (nSPS) is 16.6. The van der Waals surface area contributed by atoms with Crippen molar-refractivity contribution in [3.63, 3.8) is 0 Å². The minimum Gasteiger partial charge on any atom is -0.382 e. The quantitative estimate of drug-likeness (QED) is 0.890. The summed E-state index contributed by atoms with van der Waals surface area (Å²) in [6.45, 7) is 0.567. The number of hydrogen-bond donors (Lipinski definition) is 2. The molecule has 0 aliphatic heterocycles. The van der Waals surface area contributed by atoms with Crippen molar-refractivity contribution < 1.29 is 9.90 Å². The first-order valence-electron chi connectivity index (χ1n) is 6.82. The molecule has 1 aliphatic carbocycles. The maximum atomic E-state index is 11.8. The number of thiophene rings is 2. The fraction of sp³-hybridized carbons (Fsp3) is 0.400. The highest BCUT2D eigenvalue weighted by molar-refractivity contribution is 7.12. The van der Waals surface area contributed by atoms with Gasteiger partial charge in [-0.2, -0.15) is 0 Å². The maximum Gasteiger partial charge on any atom is 0.223 e. The van der Waals surface area contributed by atoms with E-state index in [1.54, 1.807) is 22.7 Å². The van der Waals surface area contributed by atoms with E-state index in [0.29, 0.717) is 6.54 Å². The fourth-order valence-electron chi connectivity index (χ4n) is 2.21. The van der Waals surface area contributed by atoms with Crippen LogP contribution in [0.1, 0.15) is 40.0 Å². The predicted molar refractivity (Wildman–Crippen MR) is 81.9 cm³/mol. The van der Waals surface area contributed by atoms with Gasteiger partial charge in [-0.15, -0.1) is 22.7 Å². The number of aliphatic hydroxyl groups is 1. The molecule has 2 aromatic rings. The van der Waals surface area contributed by atoms with Crippen molar-refractivity contribution in [3.8, 4) is 0 Å². The van der Waals surface area contributed by atoms with Crippen molar-refractivity contribution in [2.75, 3.05) is 0 Å². The Labute approximate surface area is 126 Å². The first-order valence-corrected chi connectivity index (χ1v) is 8.51. The Morgan fingerprint density at radius 2 is 2.20 bits per heavy atom. The SMILES string of the molecule is O=C(NCc1ccc(C(O)c2cccs2)s1)C1CCC1. The van der Waals surface area contributed by atoms with Crippen LogP contribution in [0.25, 0.3) is 0 Å². The van der Waals surface area contributed by atoms with Crippen LogP contribution >= 0.6 is 22.7 Å². The fourth-order valence-corrected chi connectivity index (χ4v) is 3.97. The largest absolute Gasteiger partial charge is 0.382 e. The molecule has 3 nitrogen and oxygen atoms in total. The van der Waals surface area contributed by atoms with Gasteiger partial charge in [0.2, 0.25) is 5.91 Å². The van der Waals surface area contributed by atoms with Crippen LogP contribution in [0, 0.1) is 5.92 Å². The van der Waals surface area contributed by atoms with Gasteiger partial charge < -0.3 is 10.4 Å². The van der Waals surface area contributed by atoms with Gasteiger partial charge in [0.1, 0.15) is 6.10 Å². The highest BCUT2D eigenvalue weighted by atomic mass is 32.1. The van der Waals surface area contributed by atoms with E-state index in [0.717, 1.165) is 27.5 Å². The standard InChI is InChI=1S/C15H17NO2S2/c17-14(12-5-2-8-19-12)13-7-6-11(20-13)9-16-15(18)10-3-1-4-10/h2,5-8,10,14,17H,1,3-4,9H2,(H,16,18). The monoisotopic (exact) mass is 307 g/mol. The molecule has 5 heteroatoms. The van der Waals surface area contributed by atoms with Crippen LogP contribution < -0.4 is 5.32 Å². The zero-order valence-electron chi connectivity index (χ0n) is 11.0. The van der Waals surface area contributed by atoms with Gasteiger partial charge in [-0.3, -0.25) is 4.79 Å². The lowest BCUT2D eigenvalue weighted by Crippen LogP contribution is -2.33. The van der Waals surface area contributed by atoms with Gasteiger partial charge in [0.15, 0.2) is 0 Å². The smallest absolute Gasteiger partial charge is 0.223 e.